The summed E-state index contributed by atoms with van der Waals surface area (Å²) in [5.41, 5.74) is 5.60. The maximum Gasteiger partial charge on any atom is 0.338 e. The van der Waals surface area contributed by atoms with Gasteiger partial charge in [-0.1, -0.05) is 110 Å². The predicted molar refractivity (Wildman–Crippen MR) is 173 cm³/mol. The van der Waals surface area contributed by atoms with Crippen molar-refractivity contribution >= 4 is 48.4 Å². The number of halogens is 1. The number of benzene rings is 4. The number of hydrogen-bond donors (Lipinski definition) is 0. The Bertz CT molecular complexity index is 1740. The van der Waals surface area contributed by atoms with Gasteiger partial charge in [-0.05, 0) is 72.0 Å². The summed E-state index contributed by atoms with van der Waals surface area (Å²) in [6, 6.07) is 27.2. The van der Waals surface area contributed by atoms with E-state index in [0.29, 0.717) is 28.2 Å². The van der Waals surface area contributed by atoms with Crippen molar-refractivity contribution in [2.75, 3.05) is 0 Å². The topological polar surface area (TPSA) is 52.6 Å². The van der Waals surface area contributed by atoms with Crippen molar-refractivity contribution in [2.45, 2.75) is 13.8 Å². The highest BCUT2D eigenvalue weighted by molar-refractivity contribution is 5.89. The van der Waals surface area contributed by atoms with E-state index in [1.54, 1.807) is 68.5 Å². The van der Waals surface area contributed by atoms with Crippen molar-refractivity contribution in [1.29, 1.82) is 0 Å². The zero-order valence-electron chi connectivity index (χ0n) is 24.0. The predicted octanol–water partition coefficient (Wildman–Crippen LogP) is 9.30. The van der Waals surface area contributed by atoms with E-state index in [2.05, 4.69) is 13.2 Å². The molecule has 0 fully saturated rings. The summed E-state index contributed by atoms with van der Waals surface area (Å²) in [6.45, 7) is 10.4. The number of hydrogen-bond acceptors (Lipinski definition) is 4. The summed E-state index contributed by atoms with van der Waals surface area (Å²) < 4.78 is 25.3. The zero-order chi connectivity index (χ0) is 30.8. The van der Waals surface area contributed by atoms with Gasteiger partial charge in [0.1, 0.15) is 17.3 Å². The lowest BCUT2D eigenvalue weighted by Gasteiger charge is -2.04. The molecule has 214 valence electrons. The van der Waals surface area contributed by atoms with Crippen molar-refractivity contribution in [1.82, 2.24) is 0 Å². The summed E-state index contributed by atoms with van der Waals surface area (Å²) in [6.07, 6.45) is 11.2. The third-order valence-electron chi connectivity index (χ3n) is 6.21. The molecule has 0 saturated carbocycles. The normalized spacial score (nSPS) is 11.2. The second-order valence-electron chi connectivity index (χ2n) is 9.93. The Hall–Kier alpha value is -5.55. The Kier molecular flexibility index (Phi) is 10.2. The van der Waals surface area contributed by atoms with Gasteiger partial charge in [0.25, 0.3) is 0 Å². The largest absolute Gasteiger partial charge is 0.423 e. The molecule has 0 aliphatic rings. The molecule has 0 aliphatic heterocycles. The van der Waals surface area contributed by atoms with Crippen LogP contribution in [0.25, 0.3) is 36.5 Å². The zero-order valence-corrected chi connectivity index (χ0v) is 24.0. The van der Waals surface area contributed by atoms with Gasteiger partial charge in [0.15, 0.2) is 0 Å². The fraction of sp³-hybridized carbons (Fsp3) is 0.0526. The molecule has 0 radical (unpaired) electrons. The van der Waals surface area contributed by atoms with Crippen LogP contribution in [0.3, 0.4) is 0 Å². The van der Waals surface area contributed by atoms with E-state index in [-0.39, 0.29) is 5.82 Å². The van der Waals surface area contributed by atoms with E-state index in [4.69, 9.17) is 9.47 Å². The molecule has 5 heteroatoms. The van der Waals surface area contributed by atoms with Crippen molar-refractivity contribution in [3.63, 3.8) is 0 Å². The monoisotopic (exact) mass is 570 g/mol. The van der Waals surface area contributed by atoms with Crippen LogP contribution in [-0.2, 0) is 9.59 Å². The number of esters is 2. The molecule has 0 saturated heterocycles. The molecule has 43 heavy (non-hydrogen) atoms. The van der Waals surface area contributed by atoms with Crippen LogP contribution in [0.1, 0.15) is 47.2 Å². The fourth-order valence-corrected chi connectivity index (χ4v) is 3.79. The van der Waals surface area contributed by atoms with E-state index < -0.39 is 11.9 Å². The molecule has 0 unspecified atom stereocenters. The molecule has 4 aromatic rings. The quantitative estimate of drug-likeness (QED) is 0.0825. The van der Waals surface area contributed by atoms with E-state index in [0.717, 1.165) is 27.8 Å². The molecule has 0 atom stereocenters. The minimum Gasteiger partial charge on any atom is -0.423 e. The van der Waals surface area contributed by atoms with E-state index in [9.17, 15) is 14.0 Å². The van der Waals surface area contributed by atoms with E-state index >= 15 is 0 Å². The molecule has 0 amide bonds. The van der Waals surface area contributed by atoms with Gasteiger partial charge in [0.05, 0.1) is 0 Å². The molecule has 4 rings (SSSR count). The van der Waals surface area contributed by atoms with Crippen LogP contribution >= 0.6 is 0 Å². The van der Waals surface area contributed by atoms with Gasteiger partial charge in [-0.3, -0.25) is 0 Å². The summed E-state index contributed by atoms with van der Waals surface area (Å²) in [5.74, 6) is -0.376. The third kappa shape index (κ3) is 9.23. The van der Waals surface area contributed by atoms with E-state index in [1.165, 1.54) is 6.07 Å². The average Bonchev–Trinajstić information content (AvgIpc) is 3.00. The SMILES string of the molecule is C=C(C)C(=O)Oc1ccc(/C=C/c2ccc(/C=C/c3ccc(/C=C/c4cccc(OC(=O)C(=C)C)c4)cc3)cc2F)cc1. The molecular weight excluding hydrogens is 539 g/mol. The van der Waals surface area contributed by atoms with Crippen molar-refractivity contribution < 1.29 is 23.5 Å². The first-order valence-electron chi connectivity index (χ1n) is 13.6. The first kappa shape index (κ1) is 30.4. The van der Waals surface area contributed by atoms with Crippen LogP contribution in [-0.4, -0.2) is 11.9 Å². The number of carbonyl (C=O) groups excluding carboxylic acids is 2. The summed E-state index contributed by atoms with van der Waals surface area (Å²) >= 11 is 0. The van der Waals surface area contributed by atoms with Gasteiger partial charge in [-0.25, -0.2) is 14.0 Å². The molecule has 0 spiro atoms. The minimum absolute atomic E-state index is 0.324. The smallest absolute Gasteiger partial charge is 0.338 e. The van der Waals surface area contributed by atoms with Crippen LogP contribution in [0.5, 0.6) is 11.5 Å². The maximum atomic E-state index is 14.8. The highest BCUT2D eigenvalue weighted by atomic mass is 19.1. The van der Waals surface area contributed by atoms with Gasteiger partial charge in [-0.15, -0.1) is 0 Å². The lowest BCUT2D eigenvalue weighted by atomic mass is 10.1. The van der Waals surface area contributed by atoms with Crippen molar-refractivity contribution in [3.05, 3.63) is 154 Å². The molecule has 4 nitrogen and oxygen atoms in total. The van der Waals surface area contributed by atoms with Crippen LogP contribution in [0.15, 0.2) is 115 Å². The molecule has 0 N–H and O–H groups in total. The van der Waals surface area contributed by atoms with Crippen molar-refractivity contribution in [3.8, 4) is 11.5 Å². The average molecular weight is 571 g/mol. The van der Waals surface area contributed by atoms with Crippen LogP contribution in [0, 0.1) is 5.82 Å². The third-order valence-corrected chi connectivity index (χ3v) is 6.21. The number of ether oxygens (including phenoxy) is 2. The highest BCUT2D eigenvalue weighted by Crippen LogP contribution is 2.20. The number of rotatable bonds is 10. The van der Waals surface area contributed by atoms with Gasteiger partial charge >= 0.3 is 11.9 Å². The maximum absolute atomic E-state index is 14.8. The first-order chi connectivity index (χ1) is 20.7. The second kappa shape index (κ2) is 14.4. The van der Waals surface area contributed by atoms with E-state index in [1.807, 2.05) is 66.8 Å². The fourth-order valence-electron chi connectivity index (χ4n) is 3.79. The Labute approximate surface area is 251 Å². The Morgan fingerprint density at radius 1 is 0.558 bits per heavy atom. The van der Waals surface area contributed by atoms with Crippen LogP contribution in [0.2, 0.25) is 0 Å². The number of carbonyl (C=O) groups is 2. The molecular formula is C38H31FO4. The van der Waals surface area contributed by atoms with Crippen molar-refractivity contribution in [2.24, 2.45) is 0 Å². The molecule has 0 heterocycles. The molecule has 0 bridgehead atoms. The Morgan fingerprint density at radius 3 is 1.53 bits per heavy atom. The summed E-state index contributed by atoms with van der Waals surface area (Å²) in [7, 11) is 0. The highest BCUT2D eigenvalue weighted by Gasteiger charge is 2.06. The first-order valence-corrected chi connectivity index (χ1v) is 13.6. The van der Waals surface area contributed by atoms with Gasteiger partial charge in [0.2, 0.25) is 0 Å². The molecule has 0 aliphatic carbocycles. The lowest BCUT2D eigenvalue weighted by Crippen LogP contribution is -2.07. The standard InChI is InChI=1S/C38H31FO4/c1-26(2)37(40)42-34-22-18-30(19-23-34)16-20-33-21-17-32(25-36(33)39)15-13-29-10-8-28(9-11-29)12-14-31-6-5-7-35(24-31)43-38(41)27(3)4/h5-25H,1,3H2,2,4H3/b14-12+,15-13+,20-16+. The van der Waals surface area contributed by atoms with Crippen LogP contribution in [0.4, 0.5) is 4.39 Å². The Morgan fingerprint density at radius 2 is 1.00 bits per heavy atom. The van der Waals surface area contributed by atoms with Gasteiger partial charge in [-0.2, -0.15) is 0 Å². The van der Waals surface area contributed by atoms with Crippen LogP contribution < -0.4 is 9.47 Å². The Balaban J connectivity index is 1.34. The minimum atomic E-state index is -0.478. The molecule has 0 aromatic heterocycles. The molecule has 4 aromatic carbocycles. The lowest BCUT2D eigenvalue weighted by molar-refractivity contribution is -0.130. The van der Waals surface area contributed by atoms with Gasteiger partial charge < -0.3 is 9.47 Å². The summed E-state index contributed by atoms with van der Waals surface area (Å²) in [5, 5.41) is 0. The second-order valence-corrected chi connectivity index (χ2v) is 9.93. The van der Waals surface area contributed by atoms with Gasteiger partial charge in [0, 0.05) is 16.7 Å². The summed E-state index contributed by atoms with van der Waals surface area (Å²) in [4.78, 5) is 23.4.